The number of aromatic nitrogens is 3. The zero-order valence-electron chi connectivity index (χ0n) is 16.2. The van der Waals surface area contributed by atoms with E-state index in [1.807, 2.05) is 30.3 Å². The van der Waals surface area contributed by atoms with E-state index in [0.29, 0.717) is 11.6 Å². The molecule has 1 fully saturated rings. The number of rotatable bonds is 5. The van der Waals surface area contributed by atoms with E-state index in [4.69, 9.17) is 0 Å². The van der Waals surface area contributed by atoms with Crippen LogP contribution in [0.2, 0.25) is 0 Å². The Kier molecular flexibility index (Phi) is 5.51. The molecule has 29 heavy (non-hydrogen) atoms. The van der Waals surface area contributed by atoms with Crippen LogP contribution in [0.5, 0.6) is 0 Å². The van der Waals surface area contributed by atoms with Crippen LogP contribution in [0.25, 0.3) is 0 Å². The largest absolute Gasteiger partial charge is 0.368 e. The standard InChI is InChI=1S/C21H23N7O/c1-16(29)23-17-6-5-7-18(14-17)24-21-25-20(15-22-26-21)28-12-10-27(11-13-28)19-8-3-2-4-9-19/h2-9,14-15H,10-13H2,1H3,(H,23,29)(H,24,25,26). The van der Waals surface area contributed by atoms with Crippen LogP contribution in [-0.4, -0.2) is 47.3 Å². The van der Waals surface area contributed by atoms with E-state index >= 15 is 0 Å². The third-order valence-electron chi connectivity index (χ3n) is 4.71. The molecule has 1 saturated heterocycles. The Morgan fingerprint density at radius 3 is 2.41 bits per heavy atom. The zero-order chi connectivity index (χ0) is 20.1. The highest BCUT2D eigenvalue weighted by atomic mass is 16.1. The molecular formula is C21H23N7O. The van der Waals surface area contributed by atoms with E-state index in [2.05, 4.69) is 59.9 Å². The van der Waals surface area contributed by atoms with Gasteiger partial charge in [0, 0.05) is 50.2 Å². The van der Waals surface area contributed by atoms with Gasteiger partial charge in [0.1, 0.15) is 0 Å². The van der Waals surface area contributed by atoms with Gasteiger partial charge in [0.25, 0.3) is 0 Å². The summed E-state index contributed by atoms with van der Waals surface area (Å²) in [4.78, 5) is 20.4. The minimum absolute atomic E-state index is 0.114. The third-order valence-corrected chi connectivity index (χ3v) is 4.71. The Balaban J connectivity index is 1.41. The highest BCUT2D eigenvalue weighted by Crippen LogP contribution is 2.21. The van der Waals surface area contributed by atoms with Crippen molar-refractivity contribution in [2.75, 3.05) is 46.6 Å². The van der Waals surface area contributed by atoms with E-state index in [0.717, 1.165) is 37.7 Å². The molecule has 0 unspecified atom stereocenters. The molecule has 1 aliphatic rings. The molecule has 2 aromatic carbocycles. The Bertz CT molecular complexity index is 972. The minimum atomic E-state index is -0.114. The molecule has 0 radical (unpaired) electrons. The maximum atomic E-state index is 11.2. The van der Waals surface area contributed by atoms with Crippen molar-refractivity contribution in [3.05, 3.63) is 60.8 Å². The lowest BCUT2D eigenvalue weighted by Gasteiger charge is -2.36. The van der Waals surface area contributed by atoms with Gasteiger partial charge in [-0.3, -0.25) is 4.79 Å². The smallest absolute Gasteiger partial charge is 0.249 e. The van der Waals surface area contributed by atoms with Gasteiger partial charge in [-0.25, -0.2) is 0 Å². The first-order valence-corrected chi connectivity index (χ1v) is 9.57. The van der Waals surface area contributed by atoms with E-state index in [9.17, 15) is 4.79 Å². The van der Waals surface area contributed by atoms with Crippen LogP contribution in [0.15, 0.2) is 60.8 Å². The first-order valence-electron chi connectivity index (χ1n) is 9.57. The lowest BCUT2D eigenvalue weighted by molar-refractivity contribution is -0.114. The number of benzene rings is 2. The fourth-order valence-electron chi connectivity index (χ4n) is 3.34. The summed E-state index contributed by atoms with van der Waals surface area (Å²) in [6.07, 6.45) is 1.69. The van der Waals surface area contributed by atoms with Gasteiger partial charge < -0.3 is 20.4 Å². The van der Waals surface area contributed by atoms with Gasteiger partial charge >= 0.3 is 0 Å². The summed E-state index contributed by atoms with van der Waals surface area (Å²) in [6.45, 7) is 5.06. The minimum Gasteiger partial charge on any atom is -0.368 e. The summed E-state index contributed by atoms with van der Waals surface area (Å²) in [5.74, 6) is 1.11. The van der Waals surface area contributed by atoms with Crippen molar-refractivity contribution in [1.82, 2.24) is 15.2 Å². The molecule has 2 N–H and O–H groups in total. The Labute approximate surface area is 169 Å². The molecule has 1 aromatic heterocycles. The average molecular weight is 389 g/mol. The first-order chi connectivity index (χ1) is 14.2. The van der Waals surface area contributed by atoms with E-state index in [1.165, 1.54) is 12.6 Å². The number of para-hydroxylation sites is 1. The molecule has 0 spiro atoms. The van der Waals surface area contributed by atoms with Crippen LogP contribution in [-0.2, 0) is 4.79 Å². The van der Waals surface area contributed by atoms with Crippen molar-refractivity contribution in [3.8, 4) is 0 Å². The number of nitrogens with zero attached hydrogens (tertiary/aromatic N) is 5. The van der Waals surface area contributed by atoms with Crippen molar-refractivity contribution in [3.63, 3.8) is 0 Å². The molecule has 1 aliphatic heterocycles. The number of hydrogen-bond acceptors (Lipinski definition) is 7. The van der Waals surface area contributed by atoms with Crippen LogP contribution in [0.3, 0.4) is 0 Å². The SMILES string of the molecule is CC(=O)Nc1cccc(Nc2nncc(N3CCN(c4ccccc4)CC3)n2)c1. The molecule has 3 aromatic rings. The molecule has 148 valence electrons. The second-order valence-electron chi connectivity index (χ2n) is 6.83. The molecule has 8 nitrogen and oxygen atoms in total. The summed E-state index contributed by atoms with van der Waals surface area (Å²) < 4.78 is 0. The lowest BCUT2D eigenvalue weighted by atomic mass is 10.2. The number of anilines is 5. The lowest BCUT2D eigenvalue weighted by Crippen LogP contribution is -2.46. The second kappa shape index (κ2) is 8.55. The van der Waals surface area contributed by atoms with Crippen LogP contribution >= 0.6 is 0 Å². The number of amides is 1. The van der Waals surface area contributed by atoms with Gasteiger partial charge in [0.2, 0.25) is 11.9 Å². The van der Waals surface area contributed by atoms with Crippen molar-refractivity contribution in [2.24, 2.45) is 0 Å². The summed E-state index contributed by atoms with van der Waals surface area (Å²) >= 11 is 0. The van der Waals surface area contributed by atoms with Crippen molar-refractivity contribution < 1.29 is 4.79 Å². The van der Waals surface area contributed by atoms with Gasteiger partial charge in [-0.05, 0) is 30.3 Å². The first kappa shape index (κ1) is 18.7. The van der Waals surface area contributed by atoms with Crippen molar-refractivity contribution >= 4 is 34.7 Å². The van der Waals surface area contributed by atoms with Gasteiger partial charge in [0.05, 0.1) is 6.20 Å². The fourth-order valence-corrected chi connectivity index (χ4v) is 3.34. The number of carbonyl (C=O) groups excluding carboxylic acids is 1. The highest BCUT2D eigenvalue weighted by molar-refractivity contribution is 5.89. The molecule has 1 amide bonds. The monoisotopic (exact) mass is 389 g/mol. The highest BCUT2D eigenvalue weighted by Gasteiger charge is 2.19. The normalized spacial score (nSPS) is 13.8. The fraction of sp³-hybridized carbons (Fsp3) is 0.238. The summed E-state index contributed by atoms with van der Waals surface area (Å²) in [5.41, 5.74) is 2.74. The molecule has 2 heterocycles. The summed E-state index contributed by atoms with van der Waals surface area (Å²) in [5, 5.41) is 14.1. The summed E-state index contributed by atoms with van der Waals surface area (Å²) in [7, 11) is 0. The molecule has 4 rings (SSSR count). The Morgan fingerprint density at radius 1 is 0.931 bits per heavy atom. The topological polar surface area (TPSA) is 86.3 Å². The van der Waals surface area contributed by atoms with Crippen LogP contribution in [0.1, 0.15) is 6.92 Å². The molecule has 0 atom stereocenters. The average Bonchev–Trinajstić information content (AvgIpc) is 2.74. The van der Waals surface area contributed by atoms with Gasteiger partial charge in [-0.15, -0.1) is 5.10 Å². The maximum Gasteiger partial charge on any atom is 0.249 e. The van der Waals surface area contributed by atoms with Crippen LogP contribution < -0.4 is 20.4 Å². The molecule has 0 bridgehead atoms. The van der Waals surface area contributed by atoms with E-state index < -0.39 is 0 Å². The molecular weight excluding hydrogens is 366 g/mol. The predicted molar refractivity (Wildman–Crippen MR) is 115 cm³/mol. The summed E-state index contributed by atoms with van der Waals surface area (Å²) in [6, 6.07) is 17.8. The molecule has 0 saturated carbocycles. The van der Waals surface area contributed by atoms with Crippen molar-refractivity contribution in [2.45, 2.75) is 6.92 Å². The number of piperazine rings is 1. The third kappa shape index (κ3) is 4.78. The second-order valence-corrected chi connectivity index (χ2v) is 6.83. The maximum absolute atomic E-state index is 11.2. The molecule has 0 aliphatic carbocycles. The zero-order valence-corrected chi connectivity index (χ0v) is 16.2. The molecule has 8 heteroatoms. The Hall–Kier alpha value is -3.68. The van der Waals surface area contributed by atoms with E-state index in [-0.39, 0.29) is 5.91 Å². The predicted octanol–water partition coefficient (Wildman–Crippen LogP) is 2.90. The number of carbonyl (C=O) groups is 1. The quantitative estimate of drug-likeness (QED) is 0.694. The van der Waals surface area contributed by atoms with E-state index in [1.54, 1.807) is 6.20 Å². The van der Waals surface area contributed by atoms with Crippen LogP contribution in [0.4, 0.5) is 28.8 Å². The number of nitrogens with one attached hydrogen (secondary N) is 2. The van der Waals surface area contributed by atoms with Gasteiger partial charge in [-0.1, -0.05) is 24.3 Å². The van der Waals surface area contributed by atoms with Crippen LogP contribution in [0, 0.1) is 0 Å². The number of hydrogen-bond donors (Lipinski definition) is 2. The Morgan fingerprint density at radius 2 is 1.66 bits per heavy atom. The van der Waals surface area contributed by atoms with Crippen molar-refractivity contribution in [1.29, 1.82) is 0 Å². The van der Waals surface area contributed by atoms with Gasteiger partial charge in [0.15, 0.2) is 5.82 Å². The van der Waals surface area contributed by atoms with Gasteiger partial charge in [-0.2, -0.15) is 10.1 Å².